The van der Waals surface area contributed by atoms with Crippen molar-refractivity contribution in [3.8, 4) is 0 Å². The van der Waals surface area contributed by atoms with Crippen molar-refractivity contribution in [3.63, 3.8) is 0 Å². The maximum Gasteiger partial charge on any atom is 0.405 e. The number of rotatable bonds is 4. The van der Waals surface area contributed by atoms with E-state index in [9.17, 15) is 9.59 Å². The normalized spacial score (nSPS) is 26.0. The Hall–Kier alpha value is -2.34. The van der Waals surface area contributed by atoms with Crippen molar-refractivity contribution in [2.24, 2.45) is 17.6 Å². The van der Waals surface area contributed by atoms with Crippen LogP contribution in [0.4, 0.5) is 10.5 Å². The number of nitrogens with two attached hydrogens (primary N) is 1. The highest BCUT2D eigenvalue weighted by molar-refractivity contribution is 9.10. The molecule has 4 rings (SSSR count). The first-order valence-corrected chi connectivity index (χ1v) is 10.7. The standard InChI is InChI=1S/C23H25BrN2O3/c1-14-21(29-22(25)28)19-12-18(24)10-11-20(19)26(15(2)27)23(14,17-8-9-17)13-16-6-4-3-5-7-16/h3-7,10-12,14,17,21H,8-9,13H2,1-2H3,(H2,25,28)/t14-,21+,23+/m0/s1. The second-order valence-corrected chi connectivity index (χ2v) is 9.05. The summed E-state index contributed by atoms with van der Waals surface area (Å²) in [6.45, 7) is 3.70. The van der Waals surface area contributed by atoms with Crippen LogP contribution in [0.3, 0.4) is 0 Å². The third kappa shape index (κ3) is 3.44. The molecule has 1 aliphatic carbocycles. The van der Waals surface area contributed by atoms with E-state index in [-0.39, 0.29) is 11.8 Å². The number of carbonyl (C=O) groups excluding carboxylic acids is 2. The van der Waals surface area contributed by atoms with Crippen molar-refractivity contribution in [2.45, 2.75) is 44.8 Å². The van der Waals surface area contributed by atoms with Crippen LogP contribution in [0.25, 0.3) is 0 Å². The lowest BCUT2D eigenvalue weighted by Crippen LogP contribution is -2.63. The van der Waals surface area contributed by atoms with E-state index in [1.165, 1.54) is 0 Å². The van der Waals surface area contributed by atoms with Gasteiger partial charge in [0.2, 0.25) is 5.91 Å². The lowest BCUT2D eigenvalue weighted by atomic mass is 9.67. The van der Waals surface area contributed by atoms with Gasteiger partial charge < -0.3 is 15.4 Å². The number of hydrogen-bond acceptors (Lipinski definition) is 3. The Morgan fingerprint density at radius 3 is 2.48 bits per heavy atom. The molecule has 1 heterocycles. The van der Waals surface area contributed by atoms with E-state index < -0.39 is 17.7 Å². The number of primary amides is 1. The van der Waals surface area contributed by atoms with Gasteiger partial charge in [0, 0.05) is 22.9 Å². The van der Waals surface area contributed by atoms with E-state index in [0.29, 0.717) is 12.3 Å². The summed E-state index contributed by atoms with van der Waals surface area (Å²) in [5.74, 6) is 0.228. The minimum Gasteiger partial charge on any atom is -0.441 e. The van der Waals surface area contributed by atoms with Crippen molar-refractivity contribution in [2.75, 3.05) is 4.90 Å². The summed E-state index contributed by atoms with van der Waals surface area (Å²) >= 11 is 3.51. The summed E-state index contributed by atoms with van der Waals surface area (Å²) in [6.07, 6.45) is 1.49. The molecule has 1 fully saturated rings. The van der Waals surface area contributed by atoms with Crippen LogP contribution in [0.2, 0.25) is 0 Å². The van der Waals surface area contributed by atoms with Gasteiger partial charge in [-0.15, -0.1) is 0 Å². The molecule has 5 nitrogen and oxygen atoms in total. The molecule has 0 aromatic heterocycles. The first-order chi connectivity index (χ1) is 13.8. The molecule has 0 bridgehead atoms. The average Bonchev–Trinajstić information content (AvgIpc) is 3.51. The zero-order valence-corrected chi connectivity index (χ0v) is 18.2. The molecule has 0 radical (unpaired) electrons. The van der Waals surface area contributed by atoms with Gasteiger partial charge in [0.15, 0.2) is 0 Å². The highest BCUT2D eigenvalue weighted by Gasteiger charge is 2.59. The average molecular weight is 457 g/mol. The molecule has 152 valence electrons. The largest absolute Gasteiger partial charge is 0.441 e. The SMILES string of the molecule is CC(=O)N1c2ccc(Br)cc2[C@H](OC(N)=O)[C@H](C)[C@]1(Cc1ccccc1)C1CC1. The van der Waals surface area contributed by atoms with Crippen molar-refractivity contribution >= 4 is 33.6 Å². The molecule has 2 aromatic rings. The van der Waals surface area contributed by atoms with Crippen LogP contribution < -0.4 is 10.6 Å². The number of benzene rings is 2. The van der Waals surface area contributed by atoms with Crippen molar-refractivity contribution in [3.05, 3.63) is 64.1 Å². The summed E-state index contributed by atoms with van der Waals surface area (Å²) < 4.78 is 6.53. The van der Waals surface area contributed by atoms with Gasteiger partial charge in [-0.25, -0.2) is 4.79 Å². The summed E-state index contributed by atoms with van der Waals surface area (Å²) in [6, 6.07) is 16.0. The van der Waals surface area contributed by atoms with Gasteiger partial charge in [-0.1, -0.05) is 53.2 Å². The van der Waals surface area contributed by atoms with Crippen LogP contribution in [-0.4, -0.2) is 17.5 Å². The van der Waals surface area contributed by atoms with Crippen LogP contribution in [-0.2, 0) is 16.0 Å². The Bertz CT molecular complexity index is 944. The summed E-state index contributed by atoms with van der Waals surface area (Å²) in [5.41, 5.74) is 7.75. The Kier molecular flexibility index (Phi) is 5.15. The molecule has 2 N–H and O–H groups in total. The predicted molar refractivity (Wildman–Crippen MR) is 115 cm³/mol. The molecule has 2 amide bonds. The number of ether oxygens (including phenoxy) is 1. The molecule has 1 aliphatic heterocycles. The number of carbonyl (C=O) groups is 2. The molecule has 0 spiro atoms. The lowest BCUT2D eigenvalue weighted by molar-refractivity contribution is -0.119. The maximum absolute atomic E-state index is 13.0. The van der Waals surface area contributed by atoms with Gasteiger partial charge in [-0.3, -0.25) is 4.79 Å². The molecule has 2 aliphatic rings. The fourth-order valence-electron chi connectivity index (χ4n) is 5.11. The Labute approximate surface area is 179 Å². The maximum atomic E-state index is 13.0. The first kappa shape index (κ1) is 20.0. The van der Waals surface area contributed by atoms with Crippen LogP contribution in [0.5, 0.6) is 0 Å². The third-order valence-corrected chi connectivity index (χ3v) is 6.86. The third-order valence-electron chi connectivity index (χ3n) is 6.37. The van der Waals surface area contributed by atoms with E-state index >= 15 is 0 Å². The minimum absolute atomic E-state index is 0.000721. The molecule has 3 atom stereocenters. The van der Waals surface area contributed by atoms with E-state index in [4.69, 9.17) is 10.5 Å². The van der Waals surface area contributed by atoms with Gasteiger partial charge in [-0.2, -0.15) is 0 Å². The number of hydrogen-bond donors (Lipinski definition) is 1. The molecular formula is C23H25BrN2O3. The Morgan fingerprint density at radius 1 is 1.21 bits per heavy atom. The molecule has 0 unspecified atom stereocenters. The fraction of sp³-hybridized carbons (Fsp3) is 0.391. The minimum atomic E-state index is -0.798. The summed E-state index contributed by atoms with van der Waals surface area (Å²) in [4.78, 5) is 26.8. The number of amides is 2. The van der Waals surface area contributed by atoms with Crippen LogP contribution in [0.15, 0.2) is 53.0 Å². The number of nitrogens with zero attached hydrogens (tertiary/aromatic N) is 1. The van der Waals surface area contributed by atoms with Crippen LogP contribution in [0, 0.1) is 11.8 Å². The molecule has 2 aromatic carbocycles. The van der Waals surface area contributed by atoms with Gasteiger partial charge in [0.05, 0.1) is 11.2 Å². The second kappa shape index (κ2) is 7.48. The molecular weight excluding hydrogens is 432 g/mol. The highest BCUT2D eigenvalue weighted by Crippen LogP contribution is 2.58. The molecule has 6 heteroatoms. The zero-order chi connectivity index (χ0) is 20.8. The van der Waals surface area contributed by atoms with E-state index in [2.05, 4.69) is 35.0 Å². The Morgan fingerprint density at radius 2 is 1.90 bits per heavy atom. The van der Waals surface area contributed by atoms with Gasteiger partial charge in [0.25, 0.3) is 0 Å². The number of halogens is 1. The lowest BCUT2D eigenvalue weighted by Gasteiger charge is -2.54. The predicted octanol–water partition coefficient (Wildman–Crippen LogP) is 4.98. The van der Waals surface area contributed by atoms with Crippen molar-refractivity contribution in [1.29, 1.82) is 0 Å². The van der Waals surface area contributed by atoms with Gasteiger partial charge in [0.1, 0.15) is 6.10 Å². The fourth-order valence-corrected chi connectivity index (χ4v) is 5.49. The van der Waals surface area contributed by atoms with Crippen molar-refractivity contribution < 1.29 is 14.3 Å². The van der Waals surface area contributed by atoms with Gasteiger partial charge >= 0.3 is 6.09 Å². The molecule has 1 saturated carbocycles. The van der Waals surface area contributed by atoms with Crippen LogP contribution >= 0.6 is 15.9 Å². The zero-order valence-electron chi connectivity index (χ0n) is 16.6. The number of anilines is 1. The highest BCUT2D eigenvalue weighted by atomic mass is 79.9. The van der Waals surface area contributed by atoms with Crippen LogP contribution in [0.1, 0.15) is 43.9 Å². The molecule has 29 heavy (non-hydrogen) atoms. The second-order valence-electron chi connectivity index (χ2n) is 8.13. The first-order valence-electron chi connectivity index (χ1n) is 9.95. The van der Waals surface area contributed by atoms with Gasteiger partial charge in [-0.05, 0) is 48.9 Å². The van der Waals surface area contributed by atoms with E-state index in [1.807, 2.05) is 41.3 Å². The van der Waals surface area contributed by atoms with E-state index in [1.54, 1.807) is 6.92 Å². The topological polar surface area (TPSA) is 72.6 Å². The summed E-state index contributed by atoms with van der Waals surface area (Å²) in [7, 11) is 0. The Balaban J connectivity index is 1.93. The monoisotopic (exact) mass is 456 g/mol. The smallest absolute Gasteiger partial charge is 0.405 e. The number of fused-ring (bicyclic) bond motifs is 1. The molecule has 0 saturated heterocycles. The van der Waals surface area contributed by atoms with E-state index in [0.717, 1.165) is 34.1 Å². The van der Waals surface area contributed by atoms with Crippen molar-refractivity contribution in [1.82, 2.24) is 0 Å². The summed E-state index contributed by atoms with van der Waals surface area (Å²) in [5, 5.41) is 0. The quantitative estimate of drug-likeness (QED) is 0.704.